The fraction of sp³-hybridized carbons (Fsp3) is 1.00. The Labute approximate surface area is 151 Å². The van der Waals surface area contributed by atoms with Gasteiger partial charge in [-0.05, 0) is 33.6 Å². The van der Waals surface area contributed by atoms with E-state index in [-0.39, 0.29) is 24.0 Å². The molecular weight excluding hydrogens is 394 g/mol. The van der Waals surface area contributed by atoms with Gasteiger partial charge in [0, 0.05) is 53.9 Å². The van der Waals surface area contributed by atoms with E-state index in [1.54, 1.807) is 0 Å². The van der Waals surface area contributed by atoms with Crippen LogP contribution in [0.1, 0.15) is 47.5 Å². The highest BCUT2D eigenvalue weighted by molar-refractivity contribution is 7.66. The Kier molecular flexibility index (Phi) is 14.4. The van der Waals surface area contributed by atoms with Crippen LogP contribution in [0.5, 0.6) is 0 Å². The standard InChI is InChI=1S/C15H38N4P.HI/c1-9-14-19(15-10-2)20(16(6)11-3,17(7)12-4)18(8)13-5;/h9-15H2,1-8H3;1H/q+1;/p-1. The van der Waals surface area contributed by atoms with E-state index in [0.717, 1.165) is 19.6 Å². The molecule has 0 aromatic rings. The third kappa shape index (κ3) is 5.54. The van der Waals surface area contributed by atoms with Gasteiger partial charge in [-0.25, -0.2) is 0 Å². The smallest absolute Gasteiger partial charge is 0.307 e. The lowest BCUT2D eigenvalue weighted by Gasteiger charge is -2.48. The molecule has 4 nitrogen and oxygen atoms in total. The lowest BCUT2D eigenvalue weighted by Crippen LogP contribution is -3.00. The van der Waals surface area contributed by atoms with Gasteiger partial charge in [-0.15, -0.1) is 18.7 Å². The molecule has 0 fully saturated rings. The van der Waals surface area contributed by atoms with E-state index in [4.69, 9.17) is 0 Å². The molecule has 0 radical (unpaired) electrons. The summed E-state index contributed by atoms with van der Waals surface area (Å²) in [7, 11) is 5.31. The van der Waals surface area contributed by atoms with Crippen molar-refractivity contribution in [3.05, 3.63) is 0 Å². The topological polar surface area (TPSA) is 13.0 Å². The predicted octanol–water partition coefficient (Wildman–Crippen LogP) is 0.645. The van der Waals surface area contributed by atoms with Crippen molar-refractivity contribution in [1.29, 1.82) is 0 Å². The van der Waals surface area contributed by atoms with Crippen molar-refractivity contribution in [2.75, 3.05) is 53.9 Å². The van der Waals surface area contributed by atoms with E-state index >= 15 is 0 Å². The molecule has 0 amide bonds. The van der Waals surface area contributed by atoms with Crippen molar-refractivity contribution < 1.29 is 24.0 Å². The number of hydrogen-bond acceptors (Lipinski definition) is 4. The molecule has 0 aliphatic heterocycles. The van der Waals surface area contributed by atoms with Crippen molar-refractivity contribution in [1.82, 2.24) is 18.7 Å². The SMILES string of the molecule is CCCN(CCC)[P+](N(C)CC)(N(C)CC)N(C)CC.[I-]. The van der Waals surface area contributed by atoms with E-state index in [1.165, 1.54) is 25.9 Å². The van der Waals surface area contributed by atoms with Crippen LogP contribution in [0.15, 0.2) is 0 Å². The van der Waals surface area contributed by atoms with E-state index in [2.05, 4.69) is 74.4 Å². The highest BCUT2D eigenvalue weighted by atomic mass is 127. The average Bonchev–Trinajstić information content (AvgIpc) is 2.47. The highest BCUT2D eigenvalue weighted by Gasteiger charge is 2.56. The van der Waals surface area contributed by atoms with Crippen molar-refractivity contribution >= 4 is 7.87 Å². The molecule has 0 N–H and O–H groups in total. The maximum absolute atomic E-state index is 2.75. The van der Waals surface area contributed by atoms with Gasteiger partial charge in [0.1, 0.15) is 0 Å². The molecule has 21 heavy (non-hydrogen) atoms. The zero-order valence-electron chi connectivity index (χ0n) is 15.6. The van der Waals surface area contributed by atoms with Crippen LogP contribution in [0.4, 0.5) is 0 Å². The lowest BCUT2D eigenvalue weighted by atomic mass is 10.4. The molecule has 130 valence electrons. The Morgan fingerprint density at radius 3 is 1.10 bits per heavy atom. The van der Waals surface area contributed by atoms with Gasteiger partial charge in [0.05, 0.1) is 0 Å². The molecule has 0 bridgehead atoms. The van der Waals surface area contributed by atoms with Crippen molar-refractivity contribution in [2.24, 2.45) is 0 Å². The number of hydrogen-bond donors (Lipinski definition) is 0. The molecule has 0 aliphatic rings. The maximum Gasteiger partial charge on any atom is 0.307 e. The zero-order chi connectivity index (χ0) is 15.8. The molecule has 0 heterocycles. The minimum Gasteiger partial charge on any atom is -1.00 e. The molecule has 0 unspecified atom stereocenters. The molecule has 0 aromatic heterocycles. The van der Waals surface area contributed by atoms with Crippen LogP contribution in [0.2, 0.25) is 0 Å². The summed E-state index contributed by atoms with van der Waals surface area (Å²) in [5.41, 5.74) is 0. The van der Waals surface area contributed by atoms with Crippen molar-refractivity contribution in [3.8, 4) is 0 Å². The summed E-state index contributed by atoms with van der Waals surface area (Å²) in [4.78, 5) is 0. The van der Waals surface area contributed by atoms with Gasteiger partial charge in [0.25, 0.3) is 0 Å². The third-order valence-electron chi connectivity index (χ3n) is 4.09. The molecule has 0 rings (SSSR count). The lowest BCUT2D eigenvalue weighted by molar-refractivity contribution is -0.00000495. The number of rotatable bonds is 11. The van der Waals surface area contributed by atoms with Gasteiger partial charge in [0.15, 0.2) is 0 Å². The molecule has 0 aromatic carbocycles. The van der Waals surface area contributed by atoms with Crippen LogP contribution in [-0.2, 0) is 0 Å². The second kappa shape index (κ2) is 12.4. The number of halogens is 1. The van der Waals surface area contributed by atoms with Crippen LogP contribution in [-0.4, -0.2) is 72.5 Å². The summed E-state index contributed by atoms with van der Waals surface area (Å²) >= 11 is 0. The molecule has 6 heteroatoms. The molecule has 0 aliphatic carbocycles. The minimum atomic E-state index is -1.58. The van der Waals surface area contributed by atoms with Crippen molar-refractivity contribution in [3.63, 3.8) is 0 Å². The quantitative estimate of drug-likeness (QED) is 0.351. The molecule has 0 saturated heterocycles. The normalized spacial score (nSPS) is 12.6. The second-order valence-corrected chi connectivity index (χ2v) is 9.10. The average molecular weight is 432 g/mol. The molecular formula is C15H38IN4P. The summed E-state index contributed by atoms with van der Waals surface area (Å²) in [6.45, 7) is 17.0. The first-order chi connectivity index (χ1) is 9.46. The van der Waals surface area contributed by atoms with Gasteiger partial charge in [-0.2, -0.15) is 0 Å². The fourth-order valence-electron chi connectivity index (χ4n) is 2.90. The summed E-state index contributed by atoms with van der Waals surface area (Å²) in [5, 5.41) is 0. The van der Waals surface area contributed by atoms with Crippen LogP contribution >= 0.6 is 7.87 Å². The maximum atomic E-state index is 2.75. The third-order valence-corrected chi connectivity index (χ3v) is 8.85. The predicted molar refractivity (Wildman–Crippen MR) is 94.0 cm³/mol. The van der Waals surface area contributed by atoms with Crippen LogP contribution < -0.4 is 24.0 Å². The van der Waals surface area contributed by atoms with Gasteiger partial charge in [-0.3, -0.25) is 0 Å². The van der Waals surface area contributed by atoms with Gasteiger partial charge in [-0.1, -0.05) is 13.8 Å². The molecule has 0 saturated carbocycles. The van der Waals surface area contributed by atoms with Gasteiger partial charge in [0.2, 0.25) is 0 Å². The van der Waals surface area contributed by atoms with E-state index in [0.29, 0.717) is 0 Å². The van der Waals surface area contributed by atoms with E-state index in [9.17, 15) is 0 Å². The first-order valence-corrected chi connectivity index (χ1v) is 9.86. The van der Waals surface area contributed by atoms with E-state index in [1.807, 2.05) is 0 Å². The van der Waals surface area contributed by atoms with Crippen LogP contribution in [0, 0.1) is 0 Å². The summed E-state index contributed by atoms with van der Waals surface area (Å²) in [5.74, 6) is 0. The van der Waals surface area contributed by atoms with Crippen LogP contribution in [0.3, 0.4) is 0 Å². The zero-order valence-corrected chi connectivity index (χ0v) is 18.6. The number of nitrogens with zero attached hydrogens (tertiary/aromatic N) is 4. The van der Waals surface area contributed by atoms with Crippen molar-refractivity contribution in [2.45, 2.75) is 47.5 Å². The Hall–Kier alpha value is 1.00. The first-order valence-electron chi connectivity index (χ1n) is 8.26. The minimum absolute atomic E-state index is 0. The van der Waals surface area contributed by atoms with Crippen LogP contribution in [0.25, 0.3) is 0 Å². The van der Waals surface area contributed by atoms with Gasteiger partial charge < -0.3 is 24.0 Å². The molecule has 0 atom stereocenters. The molecule has 0 spiro atoms. The monoisotopic (exact) mass is 432 g/mol. The Morgan fingerprint density at radius 1 is 0.619 bits per heavy atom. The Balaban J connectivity index is 0. The Morgan fingerprint density at radius 2 is 0.905 bits per heavy atom. The summed E-state index contributed by atoms with van der Waals surface area (Å²) in [6, 6.07) is 0. The van der Waals surface area contributed by atoms with Gasteiger partial charge >= 0.3 is 7.87 Å². The Bertz CT molecular complexity index is 223. The largest absolute Gasteiger partial charge is 1.00 e. The second-order valence-electron chi connectivity index (χ2n) is 5.41. The summed E-state index contributed by atoms with van der Waals surface area (Å²) < 4.78 is 10.5. The fourth-order valence-corrected chi connectivity index (χ4v) is 7.83. The summed E-state index contributed by atoms with van der Waals surface area (Å²) in [6.07, 6.45) is 2.43. The highest BCUT2D eigenvalue weighted by Crippen LogP contribution is 2.68. The first kappa shape index (κ1) is 24.3. The van der Waals surface area contributed by atoms with E-state index < -0.39 is 7.87 Å².